The molecule has 0 aromatic heterocycles. The molecule has 0 spiro atoms. The molecule has 41 heavy (non-hydrogen) atoms. The third kappa shape index (κ3) is 10.0. The van der Waals surface area contributed by atoms with Crippen molar-refractivity contribution < 1.29 is 23.7 Å². The highest BCUT2D eigenvalue weighted by atomic mass is 16.5. The summed E-state index contributed by atoms with van der Waals surface area (Å²) < 4.78 is 24.5. The minimum absolute atomic E-state index is 0.316. The second kappa shape index (κ2) is 16.8. The molecule has 0 radical (unpaired) electrons. The molecule has 214 valence electrons. The van der Waals surface area contributed by atoms with Gasteiger partial charge in [-0.3, -0.25) is 0 Å². The fourth-order valence-electron chi connectivity index (χ4n) is 4.38. The Bertz CT molecular complexity index is 1240. The van der Waals surface area contributed by atoms with Gasteiger partial charge in [-0.1, -0.05) is 130 Å². The Morgan fingerprint density at radius 1 is 0.561 bits per heavy atom. The van der Waals surface area contributed by atoms with Crippen molar-refractivity contribution in [2.75, 3.05) is 6.61 Å². The fraction of sp³-hybridized carbons (Fsp3) is 0.306. The van der Waals surface area contributed by atoms with E-state index in [1.807, 2.05) is 91.0 Å². The lowest BCUT2D eigenvalue weighted by Crippen LogP contribution is -2.10. The van der Waals surface area contributed by atoms with Crippen LogP contribution < -0.4 is 14.2 Å². The predicted octanol–water partition coefficient (Wildman–Crippen LogP) is 8.94. The van der Waals surface area contributed by atoms with E-state index in [0.717, 1.165) is 36.0 Å². The zero-order chi connectivity index (χ0) is 28.5. The standard InChI is InChI=1S/C36H40O5/c1-2-3-4-5-6-16-23-38-36(37)32-24-33(39-26-29-17-10-7-11-18-29)35(41-28-31-21-14-9-15-22-31)34(25-32)40-27-30-19-12-8-13-20-30/h7-15,17-22,24-25H,2-6,16,23,26-28H2,1H3. The fourth-order valence-corrected chi connectivity index (χ4v) is 4.38. The minimum atomic E-state index is -0.401. The molecule has 4 aromatic rings. The van der Waals surface area contributed by atoms with Gasteiger partial charge in [0.1, 0.15) is 19.8 Å². The maximum Gasteiger partial charge on any atom is 0.338 e. The summed E-state index contributed by atoms with van der Waals surface area (Å²) in [6, 6.07) is 33.1. The van der Waals surface area contributed by atoms with Crippen molar-refractivity contribution in [1.82, 2.24) is 0 Å². The average molecular weight is 553 g/mol. The number of hydrogen-bond acceptors (Lipinski definition) is 5. The van der Waals surface area contributed by atoms with Crippen LogP contribution in [0.1, 0.15) is 72.5 Å². The van der Waals surface area contributed by atoms with Crippen LogP contribution in [0.5, 0.6) is 17.2 Å². The smallest absolute Gasteiger partial charge is 0.338 e. The number of ether oxygens (including phenoxy) is 4. The molecular weight excluding hydrogens is 512 g/mol. The average Bonchev–Trinajstić information content (AvgIpc) is 3.02. The van der Waals surface area contributed by atoms with Gasteiger partial charge in [-0.25, -0.2) is 4.79 Å². The van der Waals surface area contributed by atoms with Crippen molar-refractivity contribution in [3.05, 3.63) is 125 Å². The van der Waals surface area contributed by atoms with Crippen molar-refractivity contribution in [2.45, 2.75) is 65.3 Å². The minimum Gasteiger partial charge on any atom is -0.485 e. The van der Waals surface area contributed by atoms with E-state index >= 15 is 0 Å². The van der Waals surface area contributed by atoms with Gasteiger partial charge in [0, 0.05) is 0 Å². The second-order valence-corrected chi connectivity index (χ2v) is 10.0. The number of benzene rings is 4. The van der Waals surface area contributed by atoms with Crippen molar-refractivity contribution in [2.24, 2.45) is 0 Å². The number of esters is 1. The lowest BCUT2D eigenvalue weighted by Gasteiger charge is -2.19. The number of carbonyl (C=O) groups excluding carboxylic acids is 1. The van der Waals surface area contributed by atoms with E-state index in [4.69, 9.17) is 18.9 Å². The van der Waals surface area contributed by atoms with E-state index in [1.165, 1.54) is 19.3 Å². The van der Waals surface area contributed by atoms with E-state index in [9.17, 15) is 4.79 Å². The Kier molecular flexibility index (Phi) is 12.2. The molecule has 0 unspecified atom stereocenters. The molecule has 0 N–H and O–H groups in total. The molecule has 0 saturated heterocycles. The van der Waals surface area contributed by atoms with E-state index in [1.54, 1.807) is 12.1 Å². The molecule has 0 aliphatic rings. The molecular formula is C36H40O5. The van der Waals surface area contributed by atoms with Crippen LogP contribution in [0.25, 0.3) is 0 Å². The number of hydrogen-bond donors (Lipinski definition) is 0. The summed E-state index contributed by atoms with van der Waals surface area (Å²) in [4.78, 5) is 13.1. The second-order valence-electron chi connectivity index (χ2n) is 10.0. The van der Waals surface area contributed by atoms with Gasteiger partial charge in [0.15, 0.2) is 11.5 Å². The normalized spacial score (nSPS) is 10.7. The SMILES string of the molecule is CCCCCCCCOC(=O)c1cc(OCc2ccccc2)c(OCc2ccccc2)c(OCc2ccccc2)c1. The van der Waals surface area contributed by atoms with Crippen molar-refractivity contribution in [1.29, 1.82) is 0 Å². The molecule has 0 heterocycles. The van der Waals surface area contributed by atoms with Crippen LogP contribution in [-0.2, 0) is 24.6 Å². The largest absolute Gasteiger partial charge is 0.485 e. The van der Waals surface area contributed by atoms with E-state index in [2.05, 4.69) is 6.92 Å². The Labute approximate surface area is 244 Å². The summed E-state index contributed by atoms with van der Waals surface area (Å²) in [5, 5.41) is 0. The van der Waals surface area contributed by atoms with Crippen LogP contribution in [0.15, 0.2) is 103 Å². The molecule has 5 nitrogen and oxygen atoms in total. The van der Waals surface area contributed by atoms with E-state index in [0.29, 0.717) is 49.2 Å². The third-order valence-corrected chi connectivity index (χ3v) is 6.69. The number of unbranched alkanes of at least 4 members (excludes halogenated alkanes) is 5. The zero-order valence-electron chi connectivity index (χ0n) is 23.9. The van der Waals surface area contributed by atoms with Gasteiger partial charge in [0.05, 0.1) is 12.2 Å². The highest BCUT2D eigenvalue weighted by molar-refractivity contribution is 5.91. The first-order valence-electron chi connectivity index (χ1n) is 14.6. The number of rotatable bonds is 17. The van der Waals surface area contributed by atoms with Crippen molar-refractivity contribution in [3.63, 3.8) is 0 Å². The van der Waals surface area contributed by atoms with Gasteiger partial charge >= 0.3 is 5.97 Å². The summed E-state index contributed by atoms with van der Waals surface area (Å²) in [5.41, 5.74) is 3.39. The first-order chi connectivity index (χ1) is 20.2. The summed E-state index contributed by atoms with van der Waals surface area (Å²) in [6.45, 7) is 3.55. The summed E-state index contributed by atoms with van der Waals surface area (Å²) in [5.74, 6) is 0.916. The molecule has 5 heteroatoms. The molecule has 4 aromatic carbocycles. The molecule has 0 amide bonds. The molecule has 0 aliphatic carbocycles. The van der Waals surface area contributed by atoms with Crippen LogP contribution >= 0.6 is 0 Å². The van der Waals surface area contributed by atoms with E-state index < -0.39 is 5.97 Å². The van der Waals surface area contributed by atoms with Gasteiger partial charge in [-0.05, 0) is 35.2 Å². The Balaban J connectivity index is 1.57. The van der Waals surface area contributed by atoms with Gasteiger partial charge in [-0.2, -0.15) is 0 Å². The van der Waals surface area contributed by atoms with Crippen LogP contribution in [0.4, 0.5) is 0 Å². The molecule has 0 aliphatic heterocycles. The van der Waals surface area contributed by atoms with Crippen LogP contribution in [0, 0.1) is 0 Å². The van der Waals surface area contributed by atoms with Gasteiger partial charge < -0.3 is 18.9 Å². The van der Waals surface area contributed by atoms with Crippen molar-refractivity contribution >= 4 is 5.97 Å². The summed E-state index contributed by atoms with van der Waals surface area (Å²) in [6.07, 6.45) is 6.74. The van der Waals surface area contributed by atoms with Crippen LogP contribution in [0.3, 0.4) is 0 Å². The maximum atomic E-state index is 13.1. The Morgan fingerprint density at radius 2 is 1.00 bits per heavy atom. The Morgan fingerprint density at radius 3 is 1.49 bits per heavy atom. The highest BCUT2D eigenvalue weighted by Crippen LogP contribution is 2.40. The predicted molar refractivity (Wildman–Crippen MR) is 162 cm³/mol. The van der Waals surface area contributed by atoms with Crippen molar-refractivity contribution in [3.8, 4) is 17.2 Å². The molecule has 0 bridgehead atoms. The summed E-state index contributed by atoms with van der Waals surface area (Å²) in [7, 11) is 0. The quantitative estimate of drug-likeness (QED) is 0.0967. The van der Waals surface area contributed by atoms with Crippen LogP contribution in [-0.4, -0.2) is 12.6 Å². The first kappa shape index (κ1) is 29.7. The molecule has 0 saturated carbocycles. The Hall–Kier alpha value is -4.25. The lowest BCUT2D eigenvalue weighted by molar-refractivity contribution is 0.0496. The summed E-state index contributed by atoms with van der Waals surface area (Å²) >= 11 is 0. The molecule has 0 atom stereocenters. The van der Waals surface area contributed by atoms with E-state index in [-0.39, 0.29) is 0 Å². The monoisotopic (exact) mass is 552 g/mol. The van der Waals surface area contributed by atoms with Gasteiger partial charge in [0.2, 0.25) is 5.75 Å². The molecule has 4 rings (SSSR count). The topological polar surface area (TPSA) is 54.0 Å². The lowest BCUT2D eigenvalue weighted by atomic mass is 10.1. The first-order valence-corrected chi connectivity index (χ1v) is 14.6. The number of carbonyl (C=O) groups is 1. The molecule has 0 fully saturated rings. The maximum absolute atomic E-state index is 13.1. The van der Waals surface area contributed by atoms with Crippen LogP contribution in [0.2, 0.25) is 0 Å². The third-order valence-electron chi connectivity index (χ3n) is 6.69. The zero-order valence-corrected chi connectivity index (χ0v) is 23.9. The highest BCUT2D eigenvalue weighted by Gasteiger charge is 2.20. The van der Waals surface area contributed by atoms with Gasteiger partial charge in [-0.15, -0.1) is 0 Å². The van der Waals surface area contributed by atoms with Gasteiger partial charge in [0.25, 0.3) is 0 Å².